The van der Waals surface area contributed by atoms with Crippen molar-refractivity contribution >= 4 is 41.1 Å². The minimum absolute atomic E-state index is 0.00964. The van der Waals surface area contributed by atoms with Gasteiger partial charge in [0.2, 0.25) is 5.96 Å². The molecular weight excluding hydrogens is 269 g/mol. The van der Waals surface area contributed by atoms with Crippen LogP contribution in [0.1, 0.15) is 5.56 Å². The summed E-state index contributed by atoms with van der Waals surface area (Å²) in [5.74, 6) is -0.276. The Morgan fingerprint density at radius 1 is 1.41 bits per heavy atom. The highest BCUT2D eigenvalue weighted by Crippen LogP contribution is 2.31. The summed E-state index contributed by atoms with van der Waals surface area (Å²) in [6, 6.07) is 2.53. The van der Waals surface area contributed by atoms with Gasteiger partial charge < -0.3 is 11.5 Å². The Hall–Kier alpha value is -1.86. The minimum Gasteiger partial charge on any atom is -0.369 e. The van der Waals surface area contributed by atoms with Crippen LogP contribution in [0.3, 0.4) is 0 Å². The highest BCUT2D eigenvalue weighted by Gasteiger charge is 2.17. The zero-order chi connectivity index (χ0) is 13.0. The summed E-state index contributed by atoms with van der Waals surface area (Å²) >= 11 is 11.5. The molecule has 0 saturated carbocycles. The maximum atomic E-state index is 10.7. The van der Waals surface area contributed by atoms with E-state index in [1.807, 2.05) is 0 Å². The minimum atomic E-state index is -0.612. The molecule has 17 heavy (non-hydrogen) atoms. The highest BCUT2D eigenvalue weighted by molar-refractivity contribution is 6.43. The second kappa shape index (κ2) is 5.46. The summed E-state index contributed by atoms with van der Waals surface area (Å²) in [6.45, 7) is 0. The molecular formula is C8H7Cl2N5O2. The summed E-state index contributed by atoms with van der Waals surface area (Å²) in [5.41, 5.74) is 9.88. The number of nitro benzene ring substituents is 1. The summed E-state index contributed by atoms with van der Waals surface area (Å²) in [5, 5.41) is 17.7. The van der Waals surface area contributed by atoms with Crippen molar-refractivity contribution < 1.29 is 4.92 Å². The molecule has 0 heterocycles. The molecule has 90 valence electrons. The van der Waals surface area contributed by atoms with Gasteiger partial charge in [-0.05, 0) is 6.07 Å². The van der Waals surface area contributed by atoms with Gasteiger partial charge in [0.25, 0.3) is 5.69 Å². The number of halogens is 2. The number of rotatable bonds is 3. The molecule has 0 aromatic heterocycles. The molecule has 0 radical (unpaired) electrons. The third-order valence-electron chi connectivity index (χ3n) is 1.67. The number of nitrogens with two attached hydrogens (primary N) is 2. The van der Waals surface area contributed by atoms with Gasteiger partial charge in [0.05, 0.1) is 26.7 Å². The molecule has 7 nitrogen and oxygen atoms in total. The molecule has 9 heteroatoms. The molecule has 0 aliphatic carbocycles. The van der Waals surface area contributed by atoms with Gasteiger partial charge in [-0.1, -0.05) is 23.2 Å². The molecule has 1 aromatic rings. The van der Waals surface area contributed by atoms with Crippen LogP contribution in [-0.4, -0.2) is 17.1 Å². The van der Waals surface area contributed by atoms with Gasteiger partial charge in [0, 0.05) is 6.07 Å². The van der Waals surface area contributed by atoms with Crippen molar-refractivity contribution in [1.29, 1.82) is 0 Å². The number of nitrogens with zero attached hydrogens (tertiary/aromatic N) is 3. The number of hydrogen-bond acceptors (Lipinski definition) is 4. The third-order valence-corrected chi connectivity index (χ3v) is 2.49. The fourth-order valence-corrected chi connectivity index (χ4v) is 1.36. The Morgan fingerprint density at radius 3 is 2.59 bits per heavy atom. The SMILES string of the molecule is NC(N)=NN=Cc1c([N+](=O)[O-])ccc(Cl)c1Cl. The summed E-state index contributed by atoms with van der Waals surface area (Å²) in [4.78, 5) is 10.1. The zero-order valence-electron chi connectivity index (χ0n) is 8.30. The normalized spacial score (nSPS) is 10.5. The molecule has 1 aromatic carbocycles. The Kier molecular flexibility index (Phi) is 4.24. The van der Waals surface area contributed by atoms with Crippen LogP contribution in [0.15, 0.2) is 22.3 Å². The second-order valence-electron chi connectivity index (χ2n) is 2.82. The van der Waals surface area contributed by atoms with E-state index >= 15 is 0 Å². The van der Waals surface area contributed by atoms with Gasteiger partial charge in [-0.25, -0.2) is 0 Å². The molecule has 1 rings (SSSR count). The largest absolute Gasteiger partial charge is 0.369 e. The maximum Gasteiger partial charge on any atom is 0.279 e. The first-order chi connectivity index (χ1) is 7.93. The number of hydrogen-bond donors (Lipinski definition) is 2. The first kappa shape index (κ1) is 13.2. The molecule has 0 aliphatic heterocycles. The van der Waals surface area contributed by atoms with Crippen LogP contribution in [0.5, 0.6) is 0 Å². The van der Waals surface area contributed by atoms with Crippen molar-refractivity contribution in [3.05, 3.63) is 37.9 Å². The van der Waals surface area contributed by atoms with Crippen LogP contribution in [0.4, 0.5) is 5.69 Å². The Labute approximate surface area is 106 Å². The Morgan fingerprint density at radius 2 is 2.06 bits per heavy atom. The van der Waals surface area contributed by atoms with Gasteiger partial charge in [-0.15, -0.1) is 5.10 Å². The zero-order valence-corrected chi connectivity index (χ0v) is 9.81. The number of benzene rings is 1. The third kappa shape index (κ3) is 3.30. The van der Waals surface area contributed by atoms with Gasteiger partial charge in [0.15, 0.2) is 0 Å². The molecule has 0 spiro atoms. The average Bonchev–Trinajstić information content (AvgIpc) is 2.23. The van der Waals surface area contributed by atoms with E-state index in [9.17, 15) is 10.1 Å². The van der Waals surface area contributed by atoms with Gasteiger partial charge in [0.1, 0.15) is 0 Å². The van der Waals surface area contributed by atoms with Crippen molar-refractivity contribution in [2.75, 3.05) is 0 Å². The number of nitro groups is 1. The van der Waals surface area contributed by atoms with Crippen LogP contribution in [0.2, 0.25) is 10.0 Å². The van der Waals surface area contributed by atoms with E-state index in [2.05, 4.69) is 10.2 Å². The van der Waals surface area contributed by atoms with Gasteiger partial charge in [-0.2, -0.15) is 5.10 Å². The molecule has 0 bridgehead atoms. The lowest BCUT2D eigenvalue weighted by molar-refractivity contribution is -0.385. The predicted molar refractivity (Wildman–Crippen MR) is 66.5 cm³/mol. The van der Waals surface area contributed by atoms with E-state index in [-0.39, 0.29) is 27.3 Å². The monoisotopic (exact) mass is 275 g/mol. The fraction of sp³-hybridized carbons (Fsp3) is 0. The van der Waals surface area contributed by atoms with E-state index in [0.717, 1.165) is 6.21 Å². The van der Waals surface area contributed by atoms with Crippen molar-refractivity contribution in [2.45, 2.75) is 0 Å². The smallest absolute Gasteiger partial charge is 0.279 e. The fourth-order valence-electron chi connectivity index (χ4n) is 0.991. The first-order valence-electron chi connectivity index (χ1n) is 4.18. The van der Waals surface area contributed by atoms with E-state index in [4.69, 9.17) is 34.7 Å². The van der Waals surface area contributed by atoms with Crippen LogP contribution in [0.25, 0.3) is 0 Å². The van der Waals surface area contributed by atoms with Crippen LogP contribution < -0.4 is 11.5 Å². The van der Waals surface area contributed by atoms with Gasteiger partial charge >= 0.3 is 0 Å². The molecule has 0 amide bonds. The molecule has 4 N–H and O–H groups in total. The van der Waals surface area contributed by atoms with E-state index < -0.39 is 4.92 Å². The van der Waals surface area contributed by atoms with Crippen LogP contribution in [0, 0.1) is 10.1 Å². The van der Waals surface area contributed by atoms with E-state index in [1.165, 1.54) is 12.1 Å². The van der Waals surface area contributed by atoms with Crippen molar-refractivity contribution in [1.82, 2.24) is 0 Å². The first-order valence-corrected chi connectivity index (χ1v) is 4.93. The molecule has 0 unspecified atom stereocenters. The lowest BCUT2D eigenvalue weighted by atomic mass is 10.2. The molecule has 0 aliphatic rings. The van der Waals surface area contributed by atoms with E-state index in [1.54, 1.807) is 0 Å². The molecule has 0 atom stereocenters. The Bertz CT molecular complexity index is 511. The lowest BCUT2D eigenvalue weighted by Crippen LogP contribution is -2.21. The van der Waals surface area contributed by atoms with E-state index in [0.29, 0.717) is 0 Å². The summed E-state index contributed by atoms with van der Waals surface area (Å²) in [6.07, 6.45) is 1.06. The Balaban J connectivity index is 3.29. The topological polar surface area (TPSA) is 120 Å². The quantitative estimate of drug-likeness (QED) is 0.376. The van der Waals surface area contributed by atoms with Crippen molar-refractivity contribution in [3.63, 3.8) is 0 Å². The maximum absolute atomic E-state index is 10.7. The van der Waals surface area contributed by atoms with Crippen molar-refractivity contribution in [2.24, 2.45) is 21.7 Å². The number of guanidine groups is 1. The molecule has 0 fully saturated rings. The molecule has 0 saturated heterocycles. The summed E-state index contributed by atoms with van der Waals surface area (Å²) in [7, 11) is 0. The van der Waals surface area contributed by atoms with Crippen LogP contribution >= 0.6 is 23.2 Å². The highest BCUT2D eigenvalue weighted by atomic mass is 35.5. The van der Waals surface area contributed by atoms with Crippen molar-refractivity contribution in [3.8, 4) is 0 Å². The van der Waals surface area contributed by atoms with Gasteiger partial charge in [-0.3, -0.25) is 10.1 Å². The second-order valence-corrected chi connectivity index (χ2v) is 3.61. The predicted octanol–water partition coefficient (Wildman–Crippen LogP) is 1.51. The standard InChI is InChI=1S/C8H7Cl2N5O2/c9-5-1-2-6(15(16)17)4(7(5)10)3-13-14-8(11)12/h1-3H,(H4,11,12,14). The lowest BCUT2D eigenvalue weighted by Gasteiger charge is -2.01. The van der Waals surface area contributed by atoms with Crippen LogP contribution in [-0.2, 0) is 0 Å². The average molecular weight is 276 g/mol. The summed E-state index contributed by atoms with van der Waals surface area (Å²) < 4.78 is 0.